The van der Waals surface area contributed by atoms with Crippen LogP contribution in [0.1, 0.15) is 30.2 Å². The lowest BCUT2D eigenvalue weighted by Gasteiger charge is -2.24. The van der Waals surface area contributed by atoms with Gasteiger partial charge in [0.2, 0.25) is 0 Å². The number of hydrogen-bond donors (Lipinski definition) is 1. The molecule has 3 nitrogen and oxygen atoms in total. The minimum atomic E-state index is 0.785. The molecule has 0 atom stereocenters. The van der Waals surface area contributed by atoms with Crippen LogP contribution in [0.4, 0.5) is 5.69 Å². The van der Waals surface area contributed by atoms with Gasteiger partial charge in [-0.05, 0) is 37.6 Å². The first-order valence-corrected chi connectivity index (χ1v) is 7.73. The number of aryl methyl sites for hydroxylation is 1. The number of benzene rings is 1. The molecule has 1 aromatic heterocycles. The zero-order valence-corrected chi connectivity index (χ0v) is 13.7. The van der Waals surface area contributed by atoms with Crippen molar-refractivity contribution in [3.63, 3.8) is 0 Å². The zero-order chi connectivity index (χ0) is 15.2. The first-order valence-electron chi connectivity index (χ1n) is 7.35. The molecule has 0 aliphatic carbocycles. The number of nitrogens with one attached hydrogen (secondary N) is 1. The summed E-state index contributed by atoms with van der Waals surface area (Å²) >= 11 is 6.42. The van der Waals surface area contributed by atoms with Crippen LogP contribution in [-0.2, 0) is 13.1 Å². The van der Waals surface area contributed by atoms with Gasteiger partial charge in [-0.1, -0.05) is 30.7 Å². The van der Waals surface area contributed by atoms with Crippen molar-refractivity contribution in [3.8, 4) is 0 Å². The molecule has 0 radical (unpaired) electrons. The maximum Gasteiger partial charge on any atom is 0.105 e. The molecule has 0 unspecified atom stereocenters. The topological polar surface area (TPSA) is 28.4 Å². The maximum absolute atomic E-state index is 6.42. The van der Waals surface area contributed by atoms with Crippen LogP contribution in [0.5, 0.6) is 0 Å². The first-order chi connectivity index (χ1) is 10.1. The molecule has 2 rings (SSSR count). The van der Waals surface area contributed by atoms with Gasteiger partial charge in [-0.15, -0.1) is 0 Å². The van der Waals surface area contributed by atoms with E-state index in [9.17, 15) is 0 Å². The molecule has 0 amide bonds. The minimum absolute atomic E-state index is 0.785. The maximum atomic E-state index is 6.42. The normalized spacial score (nSPS) is 10.9. The Morgan fingerprint density at radius 2 is 2.05 bits per heavy atom. The van der Waals surface area contributed by atoms with Crippen molar-refractivity contribution in [2.24, 2.45) is 0 Å². The van der Waals surface area contributed by atoms with Gasteiger partial charge >= 0.3 is 0 Å². The van der Waals surface area contributed by atoms with Crippen LogP contribution in [0.25, 0.3) is 0 Å². The van der Waals surface area contributed by atoms with Gasteiger partial charge in [0.05, 0.1) is 17.0 Å². The van der Waals surface area contributed by atoms with Crippen molar-refractivity contribution in [3.05, 3.63) is 52.4 Å². The number of furan rings is 1. The highest BCUT2D eigenvalue weighted by Gasteiger charge is 2.13. The fourth-order valence-electron chi connectivity index (χ4n) is 2.44. The van der Waals surface area contributed by atoms with Gasteiger partial charge in [-0.25, -0.2) is 0 Å². The van der Waals surface area contributed by atoms with E-state index in [1.165, 1.54) is 11.1 Å². The van der Waals surface area contributed by atoms with Crippen molar-refractivity contribution in [2.45, 2.75) is 33.4 Å². The van der Waals surface area contributed by atoms with Crippen LogP contribution >= 0.6 is 11.6 Å². The SMILES string of the molecule is CCCNCc1cccc(Cl)c1N(C)Cc1ccoc1C. The molecule has 4 heteroatoms. The predicted octanol–water partition coefficient (Wildman–Crippen LogP) is 4.38. The molecule has 21 heavy (non-hydrogen) atoms. The largest absolute Gasteiger partial charge is 0.469 e. The van der Waals surface area contributed by atoms with Crippen molar-refractivity contribution in [1.82, 2.24) is 5.32 Å². The van der Waals surface area contributed by atoms with Gasteiger partial charge < -0.3 is 14.6 Å². The summed E-state index contributed by atoms with van der Waals surface area (Å²) in [5.41, 5.74) is 3.49. The summed E-state index contributed by atoms with van der Waals surface area (Å²) in [6.07, 6.45) is 2.86. The van der Waals surface area contributed by atoms with Crippen molar-refractivity contribution >= 4 is 17.3 Å². The quantitative estimate of drug-likeness (QED) is 0.770. The molecule has 114 valence electrons. The lowest BCUT2D eigenvalue weighted by molar-refractivity contribution is 0.529. The molecule has 0 saturated carbocycles. The number of rotatable bonds is 7. The third-order valence-corrected chi connectivity index (χ3v) is 3.87. The number of hydrogen-bond acceptors (Lipinski definition) is 3. The van der Waals surface area contributed by atoms with Crippen LogP contribution in [0.3, 0.4) is 0 Å². The summed E-state index contributed by atoms with van der Waals surface area (Å²) in [5.74, 6) is 0.958. The third-order valence-electron chi connectivity index (χ3n) is 3.57. The number of para-hydroxylation sites is 1. The van der Waals surface area contributed by atoms with E-state index in [-0.39, 0.29) is 0 Å². The molecule has 0 aliphatic heterocycles. The second-order valence-electron chi connectivity index (χ2n) is 5.28. The van der Waals surface area contributed by atoms with Gasteiger partial charge in [-0.3, -0.25) is 0 Å². The Balaban J connectivity index is 2.18. The molecule has 0 saturated heterocycles. The fourth-order valence-corrected chi connectivity index (χ4v) is 2.78. The molecule has 0 aliphatic rings. The van der Waals surface area contributed by atoms with E-state index in [0.717, 1.165) is 42.5 Å². The molecule has 1 aromatic carbocycles. The Morgan fingerprint density at radius 1 is 1.24 bits per heavy atom. The van der Waals surface area contributed by atoms with Crippen molar-refractivity contribution < 1.29 is 4.42 Å². The molecule has 2 aromatic rings. The predicted molar refractivity (Wildman–Crippen MR) is 89.0 cm³/mol. The summed E-state index contributed by atoms with van der Waals surface area (Å²) in [4.78, 5) is 2.18. The van der Waals surface area contributed by atoms with E-state index < -0.39 is 0 Å². The lowest BCUT2D eigenvalue weighted by Crippen LogP contribution is -2.21. The number of nitrogens with zero attached hydrogens (tertiary/aromatic N) is 1. The van der Waals surface area contributed by atoms with Gasteiger partial charge in [0.15, 0.2) is 0 Å². The van der Waals surface area contributed by atoms with Gasteiger partial charge in [0.25, 0.3) is 0 Å². The van der Waals surface area contributed by atoms with Crippen LogP contribution < -0.4 is 10.2 Å². The molecule has 1 heterocycles. The summed E-state index contributed by atoms with van der Waals surface area (Å²) in [6, 6.07) is 8.09. The fraction of sp³-hybridized carbons (Fsp3) is 0.412. The third kappa shape index (κ3) is 4.02. The highest BCUT2D eigenvalue weighted by molar-refractivity contribution is 6.33. The number of anilines is 1. The Bertz CT molecular complexity index is 580. The lowest BCUT2D eigenvalue weighted by atomic mass is 10.1. The second kappa shape index (κ2) is 7.53. The van der Waals surface area contributed by atoms with Crippen molar-refractivity contribution in [1.29, 1.82) is 0 Å². The summed E-state index contributed by atoms with van der Waals surface area (Å²) < 4.78 is 5.37. The van der Waals surface area contributed by atoms with Crippen LogP contribution in [0.2, 0.25) is 5.02 Å². The average Bonchev–Trinajstić information content (AvgIpc) is 2.84. The average molecular weight is 307 g/mol. The summed E-state index contributed by atoms with van der Waals surface area (Å²) in [7, 11) is 2.07. The van der Waals surface area contributed by atoms with Crippen LogP contribution in [0.15, 0.2) is 34.9 Å². The Labute approximate surface area is 131 Å². The highest BCUT2D eigenvalue weighted by atomic mass is 35.5. The molecular weight excluding hydrogens is 284 g/mol. The summed E-state index contributed by atoms with van der Waals surface area (Å²) in [6.45, 7) is 6.78. The molecular formula is C17H23ClN2O. The zero-order valence-electron chi connectivity index (χ0n) is 12.9. The second-order valence-corrected chi connectivity index (χ2v) is 5.69. The monoisotopic (exact) mass is 306 g/mol. The van der Waals surface area contributed by atoms with Gasteiger partial charge in [-0.2, -0.15) is 0 Å². The van der Waals surface area contributed by atoms with E-state index >= 15 is 0 Å². The van der Waals surface area contributed by atoms with E-state index in [4.69, 9.17) is 16.0 Å². The van der Waals surface area contributed by atoms with E-state index in [0.29, 0.717) is 0 Å². The minimum Gasteiger partial charge on any atom is -0.469 e. The molecule has 0 fully saturated rings. The van der Waals surface area contributed by atoms with E-state index in [1.54, 1.807) is 6.26 Å². The highest BCUT2D eigenvalue weighted by Crippen LogP contribution is 2.30. The smallest absolute Gasteiger partial charge is 0.105 e. The molecule has 0 bridgehead atoms. The van der Waals surface area contributed by atoms with E-state index in [1.807, 2.05) is 25.1 Å². The first kappa shape index (κ1) is 15.9. The summed E-state index contributed by atoms with van der Waals surface area (Å²) in [5, 5.41) is 4.23. The van der Waals surface area contributed by atoms with Crippen LogP contribution in [0, 0.1) is 6.92 Å². The van der Waals surface area contributed by atoms with E-state index in [2.05, 4.69) is 30.3 Å². The standard InChI is InChI=1S/C17H23ClN2O/c1-4-9-19-11-14-6-5-7-16(18)17(14)20(3)12-15-8-10-21-13(15)2/h5-8,10,19H,4,9,11-12H2,1-3H3. The van der Waals surface area contributed by atoms with Crippen molar-refractivity contribution in [2.75, 3.05) is 18.5 Å². The van der Waals surface area contributed by atoms with Crippen LogP contribution in [-0.4, -0.2) is 13.6 Å². The Morgan fingerprint density at radius 3 is 2.71 bits per heavy atom. The van der Waals surface area contributed by atoms with Gasteiger partial charge in [0, 0.05) is 25.7 Å². The molecule has 0 spiro atoms. The molecule has 1 N–H and O–H groups in total. The number of halogens is 1. The Kier molecular flexibility index (Phi) is 5.71. The Hall–Kier alpha value is -1.45. The van der Waals surface area contributed by atoms with Gasteiger partial charge in [0.1, 0.15) is 5.76 Å².